The first-order valence-corrected chi connectivity index (χ1v) is 8.75. The van der Waals surface area contributed by atoms with Crippen LogP contribution in [0.5, 0.6) is 17.2 Å². The quantitative estimate of drug-likeness (QED) is 0.402. The van der Waals surface area contributed by atoms with Gasteiger partial charge in [0, 0.05) is 16.8 Å². The van der Waals surface area contributed by atoms with Gasteiger partial charge < -0.3 is 24.4 Å². The molecule has 154 valence electrons. The van der Waals surface area contributed by atoms with Crippen molar-refractivity contribution in [3.63, 3.8) is 0 Å². The first kappa shape index (κ1) is 19.4. The van der Waals surface area contributed by atoms with E-state index >= 15 is 0 Å². The molecular weight excluding hydrogens is 401 g/mol. The van der Waals surface area contributed by atoms with Crippen LogP contribution in [0.4, 0.5) is 13.2 Å². The average molecular weight is 416 g/mol. The van der Waals surface area contributed by atoms with Crippen LogP contribution in [-0.2, 0) is 0 Å². The van der Waals surface area contributed by atoms with Crippen LogP contribution in [0.2, 0.25) is 0 Å². The third kappa shape index (κ3) is 3.95. The van der Waals surface area contributed by atoms with E-state index in [-0.39, 0.29) is 5.75 Å². The summed E-state index contributed by atoms with van der Waals surface area (Å²) < 4.78 is 46.5. The van der Waals surface area contributed by atoms with Crippen LogP contribution in [0, 0.1) is 6.92 Å². The normalized spacial score (nSPS) is 11.6. The van der Waals surface area contributed by atoms with Crippen molar-refractivity contribution in [1.29, 1.82) is 0 Å². The van der Waals surface area contributed by atoms with Gasteiger partial charge in [-0.25, -0.2) is 4.98 Å². The molecule has 0 aliphatic heterocycles. The number of rotatable bonds is 4. The van der Waals surface area contributed by atoms with Crippen LogP contribution >= 0.6 is 0 Å². The molecule has 4 aromatic rings. The summed E-state index contributed by atoms with van der Waals surface area (Å²) in [6, 6.07) is 13.4. The van der Waals surface area contributed by atoms with E-state index in [1.807, 2.05) is 6.92 Å². The van der Waals surface area contributed by atoms with Crippen molar-refractivity contribution in [2.24, 2.45) is 0 Å². The first-order valence-electron chi connectivity index (χ1n) is 8.75. The summed E-state index contributed by atoms with van der Waals surface area (Å²) in [7, 11) is 0. The Morgan fingerprint density at radius 1 is 0.933 bits per heavy atom. The lowest BCUT2D eigenvalue weighted by Gasteiger charge is -2.10. The molecule has 3 N–H and O–H groups in total. The van der Waals surface area contributed by atoms with Gasteiger partial charge in [0.1, 0.15) is 11.5 Å². The minimum absolute atomic E-state index is 0.151. The van der Waals surface area contributed by atoms with Crippen LogP contribution in [0.15, 0.2) is 59.0 Å². The number of imidazole rings is 1. The Morgan fingerprint density at radius 3 is 2.27 bits per heavy atom. The van der Waals surface area contributed by atoms with E-state index in [0.717, 1.165) is 23.4 Å². The number of hydrogen-bond acceptors (Lipinski definition) is 5. The summed E-state index contributed by atoms with van der Waals surface area (Å²) in [5.74, 6) is -0.00221. The fourth-order valence-corrected chi connectivity index (χ4v) is 2.98. The van der Waals surface area contributed by atoms with Crippen molar-refractivity contribution in [1.82, 2.24) is 9.97 Å². The summed E-state index contributed by atoms with van der Waals surface area (Å²) in [4.78, 5) is 7.66. The van der Waals surface area contributed by atoms with E-state index in [9.17, 15) is 23.4 Å². The van der Waals surface area contributed by atoms with Crippen LogP contribution in [0.1, 0.15) is 5.69 Å². The van der Waals surface area contributed by atoms with Gasteiger partial charge in [0.15, 0.2) is 23.1 Å². The SMILES string of the molecule is Cc1[nH]c(-c2ccc(-c3ccc(OC(F)(F)F)c(O)c3)o2)nc1-c1ccc(O)cc1. The predicted octanol–water partition coefficient (Wildman–Crippen LogP) is 5.62. The van der Waals surface area contributed by atoms with Gasteiger partial charge >= 0.3 is 6.36 Å². The molecule has 0 aliphatic carbocycles. The molecule has 6 nitrogen and oxygen atoms in total. The minimum atomic E-state index is -4.90. The van der Waals surface area contributed by atoms with Crippen LogP contribution in [0.3, 0.4) is 0 Å². The highest BCUT2D eigenvalue weighted by Crippen LogP contribution is 2.36. The lowest BCUT2D eigenvalue weighted by atomic mass is 10.1. The number of ether oxygens (including phenoxy) is 1. The molecule has 2 aromatic carbocycles. The number of nitrogens with one attached hydrogen (secondary N) is 1. The molecule has 0 spiro atoms. The molecule has 0 bridgehead atoms. The Labute approximate surface area is 168 Å². The number of furan rings is 1. The van der Waals surface area contributed by atoms with Gasteiger partial charge in [-0.15, -0.1) is 13.2 Å². The molecule has 0 unspecified atom stereocenters. The summed E-state index contributed by atoms with van der Waals surface area (Å²) in [6.07, 6.45) is -4.90. The molecular formula is C21H15F3N2O4. The number of H-pyrrole nitrogens is 1. The van der Waals surface area contributed by atoms with Gasteiger partial charge in [0.2, 0.25) is 0 Å². The second-order valence-corrected chi connectivity index (χ2v) is 6.50. The van der Waals surface area contributed by atoms with Crippen LogP contribution < -0.4 is 4.74 Å². The third-order valence-electron chi connectivity index (χ3n) is 4.33. The summed E-state index contributed by atoms with van der Waals surface area (Å²) in [5.41, 5.74) is 2.66. The zero-order chi connectivity index (χ0) is 21.5. The smallest absolute Gasteiger partial charge is 0.508 e. The van der Waals surface area contributed by atoms with E-state index in [0.29, 0.717) is 28.6 Å². The Morgan fingerprint density at radius 2 is 1.60 bits per heavy atom. The average Bonchev–Trinajstić information content (AvgIpc) is 3.30. The number of phenols is 2. The lowest BCUT2D eigenvalue weighted by molar-refractivity contribution is -0.275. The fourth-order valence-electron chi connectivity index (χ4n) is 2.98. The first-order chi connectivity index (χ1) is 14.2. The van der Waals surface area contributed by atoms with Crippen molar-refractivity contribution in [2.75, 3.05) is 0 Å². The molecule has 0 amide bonds. The molecule has 0 saturated heterocycles. The van der Waals surface area contributed by atoms with Crippen LogP contribution in [0.25, 0.3) is 34.2 Å². The molecule has 2 aromatic heterocycles. The van der Waals surface area contributed by atoms with E-state index < -0.39 is 17.9 Å². The highest BCUT2D eigenvalue weighted by molar-refractivity contribution is 5.68. The Bertz CT molecular complexity index is 1190. The second kappa shape index (κ2) is 7.18. The molecule has 0 radical (unpaired) electrons. The number of aromatic amines is 1. The van der Waals surface area contributed by atoms with E-state index in [1.165, 1.54) is 6.07 Å². The van der Waals surface area contributed by atoms with Gasteiger partial charge in [-0.05, 0) is 61.5 Å². The molecule has 2 heterocycles. The second-order valence-electron chi connectivity index (χ2n) is 6.50. The zero-order valence-electron chi connectivity index (χ0n) is 15.5. The van der Waals surface area contributed by atoms with Crippen LogP contribution in [-0.4, -0.2) is 26.5 Å². The Balaban J connectivity index is 1.61. The van der Waals surface area contributed by atoms with Gasteiger partial charge in [-0.3, -0.25) is 0 Å². The maximum absolute atomic E-state index is 12.3. The van der Waals surface area contributed by atoms with Crippen molar-refractivity contribution < 1.29 is 32.5 Å². The number of halogens is 3. The van der Waals surface area contributed by atoms with E-state index in [4.69, 9.17) is 4.42 Å². The standard InChI is InChI=1S/C21H15F3N2O4/c1-11-19(12-2-5-14(27)6-3-12)26-20(25-11)18-9-8-16(29-18)13-4-7-17(15(28)10-13)30-21(22,23)24/h2-10,27-28H,1H3,(H,25,26). The summed E-state index contributed by atoms with van der Waals surface area (Å²) in [6.45, 7) is 1.85. The molecule has 4 rings (SSSR count). The molecule has 9 heteroatoms. The fraction of sp³-hybridized carbons (Fsp3) is 0.0952. The van der Waals surface area contributed by atoms with Gasteiger partial charge in [-0.1, -0.05) is 0 Å². The lowest BCUT2D eigenvalue weighted by Crippen LogP contribution is -2.17. The number of aromatic hydroxyl groups is 2. The summed E-state index contributed by atoms with van der Waals surface area (Å²) in [5, 5.41) is 19.3. The van der Waals surface area contributed by atoms with Crippen molar-refractivity contribution >= 4 is 0 Å². The van der Waals surface area contributed by atoms with Crippen molar-refractivity contribution in [3.05, 3.63) is 60.3 Å². The third-order valence-corrected chi connectivity index (χ3v) is 4.33. The Hall–Kier alpha value is -3.88. The summed E-state index contributed by atoms with van der Waals surface area (Å²) >= 11 is 0. The highest BCUT2D eigenvalue weighted by atomic mass is 19.4. The molecule has 0 saturated carbocycles. The number of benzene rings is 2. The minimum Gasteiger partial charge on any atom is -0.508 e. The monoisotopic (exact) mass is 416 g/mol. The maximum Gasteiger partial charge on any atom is 0.573 e. The van der Waals surface area contributed by atoms with Gasteiger partial charge in [-0.2, -0.15) is 0 Å². The number of nitrogens with zero attached hydrogens (tertiary/aromatic N) is 1. The predicted molar refractivity (Wildman–Crippen MR) is 102 cm³/mol. The highest BCUT2D eigenvalue weighted by Gasteiger charge is 2.32. The van der Waals surface area contributed by atoms with Crippen molar-refractivity contribution in [3.8, 4) is 51.4 Å². The molecule has 0 aliphatic rings. The number of alkyl halides is 3. The Kier molecular flexibility index (Phi) is 4.65. The number of aromatic nitrogens is 2. The maximum atomic E-state index is 12.3. The largest absolute Gasteiger partial charge is 0.573 e. The topological polar surface area (TPSA) is 91.5 Å². The van der Waals surface area contributed by atoms with E-state index in [2.05, 4.69) is 14.7 Å². The number of aryl methyl sites for hydroxylation is 1. The molecule has 0 fully saturated rings. The number of hydrogen-bond donors (Lipinski definition) is 3. The molecule has 30 heavy (non-hydrogen) atoms. The van der Waals surface area contributed by atoms with Crippen molar-refractivity contribution in [2.45, 2.75) is 13.3 Å². The van der Waals surface area contributed by atoms with Gasteiger partial charge in [0.05, 0.1) is 5.69 Å². The van der Waals surface area contributed by atoms with Gasteiger partial charge in [0.25, 0.3) is 0 Å². The molecule has 0 atom stereocenters. The zero-order valence-corrected chi connectivity index (χ0v) is 15.5. The number of phenolic OH excluding ortho intramolecular Hbond substituents is 2. The van der Waals surface area contributed by atoms with E-state index in [1.54, 1.807) is 36.4 Å².